The molecule has 0 radical (unpaired) electrons. The zero-order valence-corrected chi connectivity index (χ0v) is 33.2. The van der Waals surface area contributed by atoms with Gasteiger partial charge in [0.15, 0.2) is 0 Å². The number of rotatable bonds is 12. The number of hydrogen-bond acceptors (Lipinski definition) is 12. The van der Waals surface area contributed by atoms with E-state index in [2.05, 4.69) is 21.9 Å². The van der Waals surface area contributed by atoms with Gasteiger partial charge in [-0.3, -0.25) is 28.8 Å². The normalized spacial score (nSPS) is 27.6. The highest BCUT2D eigenvalue weighted by Crippen LogP contribution is 2.45. The van der Waals surface area contributed by atoms with E-state index >= 15 is 0 Å². The topological polar surface area (TPSA) is 227 Å². The molecule has 2 aliphatic carbocycles. The van der Waals surface area contributed by atoms with Gasteiger partial charge in [-0.1, -0.05) is 18.2 Å². The fourth-order valence-electron chi connectivity index (χ4n) is 8.06. The number of carbonyl (C=O) groups excluding carboxylic acids is 7. The lowest BCUT2D eigenvalue weighted by Gasteiger charge is -2.31. The van der Waals surface area contributed by atoms with Crippen molar-refractivity contribution in [3.63, 3.8) is 0 Å². The third kappa shape index (κ3) is 8.33. The summed E-state index contributed by atoms with van der Waals surface area (Å²) >= 11 is 0. The minimum absolute atomic E-state index is 0.0241. The maximum atomic E-state index is 14.6. The van der Waals surface area contributed by atoms with Gasteiger partial charge in [0.05, 0.1) is 24.9 Å². The van der Waals surface area contributed by atoms with E-state index in [0.29, 0.717) is 30.4 Å². The predicted molar refractivity (Wildman–Crippen MR) is 198 cm³/mol. The Labute approximate surface area is 334 Å². The lowest BCUT2D eigenvalue weighted by Crippen LogP contribution is -2.58. The van der Waals surface area contributed by atoms with Crippen LogP contribution in [0.3, 0.4) is 0 Å². The molecule has 7 rings (SSSR count). The fraction of sp³-hybridized carbons (Fsp3) is 0.605. The van der Waals surface area contributed by atoms with Crippen LogP contribution in [0, 0.1) is 11.7 Å². The van der Waals surface area contributed by atoms with E-state index in [-0.39, 0.29) is 51.9 Å². The maximum Gasteiger partial charge on any atom is 0.410 e. The monoisotopic (exact) mass is 830 g/mol. The highest BCUT2D eigenvalue weighted by atomic mass is 32.2. The lowest BCUT2D eigenvalue weighted by atomic mass is 10.1. The molecule has 4 aliphatic heterocycles. The Balaban J connectivity index is 1.12. The Kier molecular flexibility index (Phi) is 10.7. The molecule has 5 fully saturated rings. The molecule has 1 unspecified atom stereocenters. The van der Waals surface area contributed by atoms with Gasteiger partial charge >= 0.3 is 18.2 Å². The molecule has 6 aliphatic rings. The number of nitrogens with zero attached hydrogens (tertiary/aromatic N) is 3. The van der Waals surface area contributed by atoms with Crippen molar-refractivity contribution in [3.05, 3.63) is 47.8 Å². The summed E-state index contributed by atoms with van der Waals surface area (Å²) in [5, 5.41) is 4.44. The molecule has 20 heteroatoms. The summed E-state index contributed by atoms with van der Waals surface area (Å²) in [5.41, 5.74) is -1.76. The van der Waals surface area contributed by atoms with Crippen molar-refractivity contribution in [2.75, 3.05) is 13.1 Å². The van der Waals surface area contributed by atoms with Gasteiger partial charge in [-0.25, -0.2) is 27.2 Å². The van der Waals surface area contributed by atoms with Crippen molar-refractivity contribution in [1.82, 2.24) is 30.1 Å². The molecule has 1 aromatic carbocycles. The number of alkyl carbamates (subject to hydrolysis) is 1. The predicted octanol–water partition coefficient (Wildman–Crippen LogP) is 1.12. The van der Waals surface area contributed by atoms with Crippen molar-refractivity contribution in [1.29, 1.82) is 0 Å². The lowest BCUT2D eigenvalue weighted by molar-refractivity contribution is -0.157. The number of ether oxygens (including phenoxy) is 3. The number of nitrogens with one attached hydrogen (secondary N) is 3. The van der Waals surface area contributed by atoms with Crippen molar-refractivity contribution >= 4 is 51.8 Å². The van der Waals surface area contributed by atoms with E-state index in [9.17, 15) is 46.4 Å². The summed E-state index contributed by atoms with van der Waals surface area (Å²) < 4.78 is 58.4. The average Bonchev–Trinajstić information content (AvgIpc) is 3.90. The summed E-state index contributed by atoms with van der Waals surface area (Å²) in [7, 11) is -4.00. The summed E-state index contributed by atoms with van der Waals surface area (Å²) in [6, 6.07) is 0.849. The number of esters is 1. The van der Waals surface area contributed by atoms with Crippen LogP contribution in [-0.4, -0.2) is 125 Å². The molecule has 2 bridgehead atoms. The van der Waals surface area contributed by atoms with Crippen LogP contribution in [0.1, 0.15) is 76.8 Å². The van der Waals surface area contributed by atoms with Gasteiger partial charge in [0, 0.05) is 37.3 Å². The van der Waals surface area contributed by atoms with Gasteiger partial charge in [0.1, 0.15) is 47.3 Å². The molecule has 314 valence electrons. The van der Waals surface area contributed by atoms with Crippen LogP contribution < -0.4 is 15.4 Å². The zero-order chi connectivity index (χ0) is 41.9. The quantitative estimate of drug-likeness (QED) is 0.153. The van der Waals surface area contributed by atoms with Gasteiger partial charge < -0.3 is 34.6 Å². The highest BCUT2D eigenvalue weighted by molar-refractivity contribution is 7.91. The second kappa shape index (κ2) is 15.2. The molecular weight excluding hydrogens is 784 g/mol. The van der Waals surface area contributed by atoms with E-state index in [0.717, 1.165) is 4.90 Å². The van der Waals surface area contributed by atoms with Crippen LogP contribution in [0.5, 0.6) is 0 Å². The molecule has 4 heterocycles. The van der Waals surface area contributed by atoms with E-state index in [4.69, 9.17) is 14.2 Å². The van der Waals surface area contributed by atoms with Gasteiger partial charge in [-0.15, -0.1) is 6.58 Å². The molecule has 3 saturated heterocycles. The molecular formula is C38H47FN6O12S. The summed E-state index contributed by atoms with van der Waals surface area (Å²) in [6.07, 6.45) is -1.65. The van der Waals surface area contributed by atoms with Gasteiger partial charge in [0.2, 0.25) is 27.7 Å². The number of halogens is 1. The minimum Gasteiger partial charge on any atom is -0.459 e. The zero-order valence-electron chi connectivity index (χ0n) is 32.4. The Bertz CT molecular complexity index is 2060. The van der Waals surface area contributed by atoms with E-state index in [1.165, 1.54) is 28.0 Å². The summed E-state index contributed by atoms with van der Waals surface area (Å²) in [6.45, 7) is 8.35. The smallest absolute Gasteiger partial charge is 0.410 e. The van der Waals surface area contributed by atoms with Gasteiger partial charge in [-0.05, 0) is 58.1 Å². The fourth-order valence-corrected chi connectivity index (χ4v) is 9.43. The maximum absolute atomic E-state index is 14.6. The number of morpholine rings is 1. The second-order valence-electron chi connectivity index (χ2n) is 16.8. The summed E-state index contributed by atoms with van der Waals surface area (Å²) in [4.78, 5) is 98.1. The number of hydrogen-bond donors (Lipinski definition) is 3. The van der Waals surface area contributed by atoms with Crippen LogP contribution in [0.25, 0.3) is 0 Å². The Morgan fingerprint density at radius 3 is 2.45 bits per heavy atom. The first-order valence-corrected chi connectivity index (χ1v) is 20.9. The molecule has 6 amide bonds. The number of fused-ring (bicyclic) bond motifs is 3. The van der Waals surface area contributed by atoms with Crippen LogP contribution in [-0.2, 0) is 61.3 Å². The SMILES string of the molecule is C=CC1C[C@]1(NC(=O)[C@@H]1C[C@@H](OC(=O)N2Cc3cccc(F)c3C2)CN1C(=O)[C@H](CCC(=O)N1C[C@H]2C[C@@H]1C(=O)O2)NC(=O)OC(C)(C)C)C(=O)NS(=O)(=O)C1CC1. The molecule has 0 aromatic heterocycles. The van der Waals surface area contributed by atoms with Gasteiger partial charge in [0.25, 0.3) is 5.91 Å². The van der Waals surface area contributed by atoms with Crippen molar-refractivity contribution in [2.24, 2.45) is 5.92 Å². The molecule has 0 spiro atoms. The largest absolute Gasteiger partial charge is 0.459 e. The molecule has 3 N–H and O–H groups in total. The first kappa shape index (κ1) is 40.9. The van der Waals surface area contributed by atoms with Crippen molar-refractivity contribution < 1.29 is 60.6 Å². The van der Waals surface area contributed by atoms with Crippen LogP contribution in [0.15, 0.2) is 30.9 Å². The number of likely N-dealkylation sites (tertiary alicyclic amines) is 2. The van der Waals surface area contributed by atoms with E-state index in [1.54, 1.807) is 26.8 Å². The summed E-state index contributed by atoms with van der Waals surface area (Å²) in [5.74, 6) is -4.79. The standard InChI is InChI=1S/C38H47FN6O12S/c1-5-21-15-38(21,34(50)42-58(53,54)24-9-10-24)41-31(47)28-13-23(56-36(52)43-16-20-7-6-8-26(39)25(20)19-43)18-45(28)32(48)27(40-35(51)57-37(2,3)4)11-12-30(46)44-17-22-14-29(44)33(49)55-22/h5-8,21-24,27-29H,1,9-19H2,2-4H3,(H,40,51)(H,41,47)(H,42,50)/t21?,22-,23-,27+,28+,29-,38-/m1/s1. The number of sulfonamides is 1. The number of amides is 6. The molecule has 58 heavy (non-hydrogen) atoms. The van der Waals surface area contributed by atoms with Crippen LogP contribution in [0.4, 0.5) is 14.0 Å². The van der Waals surface area contributed by atoms with Crippen molar-refractivity contribution in [2.45, 2.75) is 126 Å². The molecule has 2 saturated carbocycles. The molecule has 7 atom stereocenters. The van der Waals surface area contributed by atoms with E-state index in [1.807, 2.05) is 0 Å². The number of benzene rings is 1. The first-order chi connectivity index (χ1) is 27.3. The van der Waals surface area contributed by atoms with Crippen LogP contribution in [0.2, 0.25) is 0 Å². The minimum atomic E-state index is -4.00. The molecule has 1 aromatic rings. The third-order valence-corrected chi connectivity index (χ3v) is 13.1. The Morgan fingerprint density at radius 2 is 1.83 bits per heavy atom. The number of carbonyl (C=O) groups is 7. The van der Waals surface area contributed by atoms with Crippen molar-refractivity contribution in [3.8, 4) is 0 Å². The Hall–Kier alpha value is -5.27. The third-order valence-electron chi connectivity index (χ3n) is 11.3. The van der Waals surface area contributed by atoms with E-state index < -0.39 is 110 Å². The Morgan fingerprint density at radius 1 is 1.09 bits per heavy atom. The first-order valence-electron chi connectivity index (χ1n) is 19.3. The molecule has 18 nitrogen and oxygen atoms in total. The van der Waals surface area contributed by atoms with Gasteiger partial charge in [-0.2, -0.15) is 0 Å². The second-order valence-corrected chi connectivity index (χ2v) is 18.7. The average molecular weight is 831 g/mol. The van der Waals surface area contributed by atoms with Crippen LogP contribution >= 0.6 is 0 Å². The highest BCUT2D eigenvalue weighted by Gasteiger charge is 2.62.